The zero-order valence-corrected chi connectivity index (χ0v) is 21.2. The number of carbonyl (C=O) groups excluding carboxylic acids is 1. The number of ether oxygens (including phenoxy) is 1. The number of halogens is 1. The second-order valence-corrected chi connectivity index (χ2v) is 8.00. The number of nitrogens with two attached hydrogens (primary N) is 1. The average molecular weight is 567 g/mol. The maximum atomic E-state index is 12.9. The molecule has 0 bridgehead atoms. The van der Waals surface area contributed by atoms with Crippen LogP contribution in [0.4, 0.5) is 5.82 Å². The molecule has 4 rings (SSSR count). The van der Waals surface area contributed by atoms with E-state index in [0.29, 0.717) is 17.7 Å². The van der Waals surface area contributed by atoms with E-state index in [2.05, 4.69) is 48.6 Å². The zero-order chi connectivity index (χ0) is 22.0. The summed E-state index contributed by atoms with van der Waals surface area (Å²) < 4.78 is 9.87. The minimum atomic E-state index is -0.352. The molecule has 9 nitrogen and oxygen atoms in total. The molecule has 0 unspecified atom stereocenters. The maximum absolute atomic E-state index is 12.9. The van der Waals surface area contributed by atoms with E-state index < -0.39 is 0 Å². The van der Waals surface area contributed by atoms with E-state index in [1.54, 1.807) is 31.1 Å². The normalized spacial score (nSPS) is 11.0. The Kier molecular flexibility index (Phi) is 7.82. The molecule has 0 spiro atoms. The number of nitrogens with zero attached hydrogens (tertiary/aromatic N) is 4. The molecule has 11 heteroatoms. The van der Waals surface area contributed by atoms with Gasteiger partial charge in [-0.3, -0.25) is 4.79 Å². The summed E-state index contributed by atoms with van der Waals surface area (Å²) in [5.74, 6) is 2.51. The fourth-order valence-corrected chi connectivity index (χ4v) is 4.13. The van der Waals surface area contributed by atoms with Gasteiger partial charge in [-0.25, -0.2) is 19.1 Å². The lowest BCUT2D eigenvalue weighted by molar-refractivity contribution is -0.675. The van der Waals surface area contributed by atoms with E-state index in [1.165, 1.54) is 0 Å². The molecule has 0 saturated heterocycles. The molecule has 0 atom stereocenters. The number of fused-ring (bicyclic) bond motifs is 2. The van der Waals surface area contributed by atoms with Crippen molar-refractivity contribution in [3.05, 3.63) is 42.0 Å². The van der Waals surface area contributed by atoms with Gasteiger partial charge in [-0.2, -0.15) is 11.8 Å². The smallest absolute Gasteiger partial charge is 0.277 e. The number of methoxy groups -OCH3 is 1. The molecule has 1 aromatic carbocycles. The monoisotopic (exact) mass is 567 g/mol. The van der Waals surface area contributed by atoms with Crippen LogP contribution in [0.5, 0.6) is 5.75 Å². The van der Waals surface area contributed by atoms with E-state index in [0.717, 1.165) is 41.4 Å². The fraction of sp³-hybridized carbons (Fsp3) is 0.333. The standard InChI is InChI=1S/C21H25N7O2S.HI/c1-4-27-16-11-13(30-2)5-6-15(16)28(9-10-31-3)17(27)12-24-21(29)18-19(22)26-20-14(25-18)7-8-23-20;/h5-8,11H,4,9-10,12H2,1-3H3,(H3-,22,23,24,25,26,29);1H. The molecular weight excluding hydrogens is 541 g/mol. The van der Waals surface area contributed by atoms with Crippen molar-refractivity contribution in [3.63, 3.8) is 0 Å². The number of hydrogen-bond acceptors (Lipinski definition) is 6. The summed E-state index contributed by atoms with van der Waals surface area (Å²) in [6.07, 6.45) is 3.80. The van der Waals surface area contributed by atoms with E-state index in [-0.39, 0.29) is 41.4 Å². The summed E-state index contributed by atoms with van der Waals surface area (Å²) in [6.45, 7) is 4.02. The number of nitrogens with one attached hydrogen (secondary N) is 2. The Morgan fingerprint density at radius 1 is 1.34 bits per heavy atom. The van der Waals surface area contributed by atoms with Gasteiger partial charge in [-0.15, -0.1) is 0 Å². The van der Waals surface area contributed by atoms with Gasteiger partial charge >= 0.3 is 0 Å². The molecule has 3 heterocycles. The number of hydrogen-bond donors (Lipinski definition) is 3. The quantitative estimate of drug-likeness (QED) is 0.188. The third-order valence-electron chi connectivity index (χ3n) is 5.26. The van der Waals surface area contributed by atoms with Crippen molar-refractivity contribution < 1.29 is 38.1 Å². The summed E-state index contributed by atoms with van der Waals surface area (Å²) in [7, 11) is 1.66. The van der Waals surface area contributed by atoms with Gasteiger partial charge < -0.3 is 44.7 Å². The van der Waals surface area contributed by atoms with Crippen LogP contribution in [0, 0.1) is 0 Å². The van der Waals surface area contributed by atoms with Crippen LogP contribution < -0.4 is 44.3 Å². The molecule has 4 N–H and O–H groups in total. The molecule has 0 radical (unpaired) electrons. The highest BCUT2D eigenvalue weighted by molar-refractivity contribution is 7.98. The Hall–Kier alpha value is -2.54. The van der Waals surface area contributed by atoms with Crippen LogP contribution in [0.25, 0.3) is 22.2 Å². The highest BCUT2D eigenvalue weighted by atomic mass is 127. The Morgan fingerprint density at radius 3 is 2.88 bits per heavy atom. The lowest BCUT2D eigenvalue weighted by atomic mass is 10.3. The van der Waals surface area contributed by atoms with Crippen molar-refractivity contribution >= 4 is 45.7 Å². The Bertz CT molecular complexity index is 1250. The molecule has 0 fully saturated rings. The van der Waals surface area contributed by atoms with Crippen LogP contribution in [0.1, 0.15) is 23.2 Å². The third-order valence-corrected chi connectivity index (χ3v) is 5.85. The number of thioether (sulfide) groups is 1. The first kappa shape index (κ1) is 24.1. The van der Waals surface area contributed by atoms with Crippen molar-refractivity contribution in [1.29, 1.82) is 0 Å². The highest BCUT2D eigenvalue weighted by Crippen LogP contribution is 2.21. The van der Waals surface area contributed by atoms with Gasteiger partial charge in [0, 0.05) is 18.0 Å². The Balaban J connectivity index is 0.00000289. The molecule has 32 heavy (non-hydrogen) atoms. The molecule has 3 aromatic heterocycles. The van der Waals surface area contributed by atoms with Crippen molar-refractivity contribution in [2.24, 2.45) is 0 Å². The van der Waals surface area contributed by atoms with E-state index in [1.807, 2.05) is 12.1 Å². The van der Waals surface area contributed by atoms with Crippen LogP contribution in [-0.2, 0) is 19.6 Å². The summed E-state index contributed by atoms with van der Waals surface area (Å²) in [5.41, 5.74) is 9.44. The molecule has 4 aromatic rings. The molecule has 0 aliphatic carbocycles. The van der Waals surface area contributed by atoms with Gasteiger partial charge in [0.25, 0.3) is 11.7 Å². The predicted octanol–water partition coefficient (Wildman–Crippen LogP) is -0.892. The highest BCUT2D eigenvalue weighted by Gasteiger charge is 2.25. The van der Waals surface area contributed by atoms with Crippen molar-refractivity contribution in [2.75, 3.05) is 24.9 Å². The first-order valence-electron chi connectivity index (χ1n) is 10.0. The van der Waals surface area contributed by atoms with Crippen LogP contribution in [0.15, 0.2) is 30.5 Å². The first-order valence-corrected chi connectivity index (χ1v) is 11.4. The number of carbonyl (C=O) groups is 1. The number of H-pyrrole nitrogens is 1. The fourth-order valence-electron chi connectivity index (χ4n) is 3.77. The van der Waals surface area contributed by atoms with Crippen LogP contribution in [0.2, 0.25) is 0 Å². The number of nitrogen functional groups attached to an aromatic ring is 1. The zero-order valence-electron chi connectivity index (χ0n) is 18.2. The van der Waals surface area contributed by atoms with Crippen molar-refractivity contribution in [3.8, 4) is 5.75 Å². The average Bonchev–Trinajstić information content (AvgIpc) is 3.35. The Morgan fingerprint density at radius 2 is 2.16 bits per heavy atom. The van der Waals surface area contributed by atoms with Gasteiger partial charge in [0.1, 0.15) is 17.8 Å². The lowest BCUT2D eigenvalue weighted by Crippen LogP contribution is -3.00. The van der Waals surface area contributed by atoms with Gasteiger partial charge in [0.05, 0.1) is 20.2 Å². The van der Waals surface area contributed by atoms with Gasteiger partial charge in [-0.1, -0.05) is 0 Å². The molecule has 1 amide bonds. The Labute approximate surface area is 207 Å². The van der Waals surface area contributed by atoms with Crippen molar-refractivity contribution in [2.45, 2.75) is 26.6 Å². The number of benzene rings is 1. The summed E-state index contributed by atoms with van der Waals surface area (Å²) in [6, 6.07) is 7.82. The topological polar surface area (TPSA) is 115 Å². The summed E-state index contributed by atoms with van der Waals surface area (Å²) >= 11 is 1.78. The minimum Gasteiger partial charge on any atom is -1.00 e. The summed E-state index contributed by atoms with van der Waals surface area (Å²) in [4.78, 5) is 24.4. The van der Waals surface area contributed by atoms with E-state index >= 15 is 0 Å². The second kappa shape index (κ2) is 10.4. The number of imidazole rings is 1. The largest absolute Gasteiger partial charge is 1.00 e. The maximum Gasteiger partial charge on any atom is 0.277 e. The second-order valence-electron chi connectivity index (χ2n) is 7.01. The lowest BCUT2D eigenvalue weighted by Gasteiger charge is -2.07. The van der Waals surface area contributed by atoms with Gasteiger partial charge in [-0.05, 0) is 31.4 Å². The predicted molar refractivity (Wildman–Crippen MR) is 122 cm³/mol. The SMILES string of the molecule is CCn1c(CNC(=O)c2nc3cc[nH]c3nc2N)[n+](CCSC)c2ccc(OC)cc21.[I-]. The van der Waals surface area contributed by atoms with E-state index in [9.17, 15) is 4.79 Å². The molecule has 170 valence electrons. The van der Waals surface area contributed by atoms with E-state index in [4.69, 9.17) is 10.5 Å². The van der Waals surface area contributed by atoms with Crippen LogP contribution in [-0.4, -0.2) is 44.5 Å². The third kappa shape index (κ3) is 4.49. The van der Waals surface area contributed by atoms with Gasteiger partial charge in [0.15, 0.2) is 28.2 Å². The minimum absolute atomic E-state index is 0. The number of aryl methyl sites for hydroxylation is 2. The van der Waals surface area contributed by atoms with Crippen LogP contribution >= 0.6 is 11.8 Å². The number of amides is 1. The molecular formula is C21H26IN7O2S. The number of aromatic amines is 1. The van der Waals surface area contributed by atoms with Gasteiger partial charge in [0.2, 0.25) is 0 Å². The number of aromatic nitrogens is 5. The summed E-state index contributed by atoms with van der Waals surface area (Å²) in [5, 5.41) is 2.98. The molecule has 0 aliphatic heterocycles. The number of rotatable bonds is 8. The first-order chi connectivity index (χ1) is 15.1. The molecule has 0 saturated carbocycles. The van der Waals surface area contributed by atoms with Crippen LogP contribution in [0.3, 0.4) is 0 Å². The van der Waals surface area contributed by atoms with Crippen molar-refractivity contribution in [1.82, 2.24) is 24.8 Å². The number of anilines is 1. The molecule has 0 aliphatic rings.